The van der Waals surface area contributed by atoms with Crippen molar-refractivity contribution in [2.24, 2.45) is 5.73 Å². The molecule has 2 N–H and O–H groups in total. The van der Waals surface area contributed by atoms with Crippen molar-refractivity contribution >= 4 is 0 Å². The number of hydrogen-bond donors (Lipinski definition) is 1. The molecule has 2 atom stereocenters. The van der Waals surface area contributed by atoms with Crippen LogP contribution in [-0.2, 0) is 4.74 Å². The van der Waals surface area contributed by atoms with E-state index in [-0.39, 0.29) is 17.2 Å². The molecule has 0 bridgehead atoms. The first-order valence-electron chi connectivity index (χ1n) is 7.20. The molecular weight excluding hydrogens is 254 g/mol. The van der Waals surface area contributed by atoms with Crippen molar-refractivity contribution in [1.82, 2.24) is 0 Å². The van der Waals surface area contributed by atoms with Crippen molar-refractivity contribution in [1.29, 1.82) is 0 Å². The van der Waals surface area contributed by atoms with Gasteiger partial charge in [-0.3, -0.25) is 0 Å². The van der Waals surface area contributed by atoms with Crippen LogP contribution in [0.2, 0.25) is 0 Å². The molecule has 1 aromatic rings. The molecule has 1 aromatic carbocycles. The average molecular weight is 277 g/mol. The lowest BCUT2D eigenvalue weighted by molar-refractivity contribution is -0.141. The van der Waals surface area contributed by atoms with Crippen molar-refractivity contribution in [2.45, 2.75) is 50.4 Å². The molecule has 1 saturated heterocycles. The number of nitrogens with two attached hydrogens (primary N) is 1. The molecule has 2 unspecified atom stereocenters. The van der Waals surface area contributed by atoms with Crippen LogP contribution in [0.4, 0.5) is 0 Å². The van der Waals surface area contributed by atoms with Crippen molar-refractivity contribution in [3.63, 3.8) is 0 Å². The predicted octanol–water partition coefficient (Wildman–Crippen LogP) is 2.81. The molecule has 1 fully saturated rings. The second-order valence-corrected chi connectivity index (χ2v) is 6.53. The molecule has 3 rings (SSSR count). The minimum absolute atomic E-state index is 0.0113. The average Bonchev–Trinajstić information content (AvgIpc) is 2.37. The van der Waals surface area contributed by atoms with Gasteiger partial charge < -0.3 is 19.9 Å². The van der Waals surface area contributed by atoms with E-state index in [9.17, 15) is 0 Å². The van der Waals surface area contributed by atoms with Crippen LogP contribution in [0.1, 0.15) is 44.7 Å². The summed E-state index contributed by atoms with van der Waals surface area (Å²) in [6, 6.07) is 5.87. The maximum atomic E-state index is 6.39. The predicted molar refractivity (Wildman–Crippen MR) is 77.2 cm³/mol. The van der Waals surface area contributed by atoms with Crippen molar-refractivity contribution in [3.05, 3.63) is 23.8 Å². The molecule has 0 saturated carbocycles. The van der Waals surface area contributed by atoms with Crippen LogP contribution in [0.15, 0.2) is 18.2 Å². The van der Waals surface area contributed by atoms with E-state index >= 15 is 0 Å². The molecule has 20 heavy (non-hydrogen) atoms. The third-order valence-electron chi connectivity index (χ3n) is 4.33. The zero-order valence-corrected chi connectivity index (χ0v) is 12.4. The van der Waals surface area contributed by atoms with Gasteiger partial charge in [-0.2, -0.15) is 0 Å². The van der Waals surface area contributed by atoms with E-state index in [1.54, 1.807) is 7.11 Å². The Labute approximate surface area is 120 Å². The summed E-state index contributed by atoms with van der Waals surface area (Å²) in [5.74, 6) is 1.72. The van der Waals surface area contributed by atoms with E-state index in [4.69, 9.17) is 19.9 Å². The monoisotopic (exact) mass is 277 g/mol. The third-order valence-corrected chi connectivity index (χ3v) is 4.33. The molecule has 4 heteroatoms. The van der Waals surface area contributed by atoms with Crippen LogP contribution < -0.4 is 15.2 Å². The molecule has 1 spiro atoms. The Bertz CT molecular complexity index is 514. The highest BCUT2D eigenvalue weighted by molar-refractivity contribution is 5.44. The first-order chi connectivity index (χ1) is 9.43. The smallest absolute Gasteiger partial charge is 0.125 e. The summed E-state index contributed by atoms with van der Waals surface area (Å²) in [5.41, 5.74) is 7.09. The summed E-state index contributed by atoms with van der Waals surface area (Å²) in [6.45, 7) is 4.96. The maximum Gasteiger partial charge on any atom is 0.125 e. The van der Waals surface area contributed by atoms with Gasteiger partial charge in [0, 0.05) is 30.9 Å². The van der Waals surface area contributed by atoms with E-state index in [1.807, 2.05) is 18.2 Å². The van der Waals surface area contributed by atoms with Crippen molar-refractivity contribution in [3.8, 4) is 11.5 Å². The van der Waals surface area contributed by atoms with Crippen LogP contribution in [0.25, 0.3) is 0 Å². The quantitative estimate of drug-likeness (QED) is 0.857. The number of rotatable bonds is 1. The summed E-state index contributed by atoms with van der Waals surface area (Å²) in [6.07, 6.45) is 2.61. The van der Waals surface area contributed by atoms with Gasteiger partial charge in [0.2, 0.25) is 0 Å². The topological polar surface area (TPSA) is 53.7 Å². The second kappa shape index (κ2) is 4.64. The molecule has 2 aliphatic rings. The Hall–Kier alpha value is -1.26. The lowest BCUT2D eigenvalue weighted by Gasteiger charge is -2.48. The summed E-state index contributed by atoms with van der Waals surface area (Å²) in [5, 5.41) is 0. The van der Waals surface area contributed by atoms with Crippen molar-refractivity contribution < 1.29 is 14.2 Å². The van der Waals surface area contributed by atoms with Gasteiger partial charge in [0.25, 0.3) is 0 Å². The highest BCUT2D eigenvalue weighted by Crippen LogP contribution is 2.47. The lowest BCUT2D eigenvalue weighted by atomic mass is 9.77. The minimum Gasteiger partial charge on any atom is -0.497 e. The standard InChI is InChI=1S/C16H23NO3/c1-15(2)10-16(6-7-19-15)9-13(17)12-8-11(18-3)4-5-14(12)20-16/h4-5,8,13H,6-7,9-10,17H2,1-3H3. The fourth-order valence-electron chi connectivity index (χ4n) is 3.51. The Morgan fingerprint density at radius 3 is 2.85 bits per heavy atom. The first-order valence-corrected chi connectivity index (χ1v) is 7.20. The normalized spacial score (nSPS) is 31.5. The Balaban J connectivity index is 1.92. The molecule has 0 aromatic heterocycles. The number of hydrogen-bond acceptors (Lipinski definition) is 4. The maximum absolute atomic E-state index is 6.39. The summed E-state index contributed by atoms with van der Waals surface area (Å²) >= 11 is 0. The minimum atomic E-state index is -0.192. The van der Waals surface area contributed by atoms with E-state index < -0.39 is 0 Å². The highest BCUT2D eigenvalue weighted by Gasteiger charge is 2.46. The molecular formula is C16H23NO3. The van der Waals surface area contributed by atoms with Crippen LogP contribution in [0, 0.1) is 0 Å². The van der Waals surface area contributed by atoms with Gasteiger partial charge in [-0.25, -0.2) is 0 Å². The number of ether oxygens (including phenoxy) is 3. The van der Waals surface area contributed by atoms with Crippen LogP contribution in [0.5, 0.6) is 11.5 Å². The highest BCUT2D eigenvalue weighted by atomic mass is 16.5. The summed E-state index contributed by atoms with van der Waals surface area (Å²) < 4.78 is 17.4. The zero-order valence-electron chi connectivity index (χ0n) is 12.4. The van der Waals surface area contributed by atoms with Crippen LogP contribution in [0.3, 0.4) is 0 Å². The van der Waals surface area contributed by atoms with Crippen molar-refractivity contribution in [2.75, 3.05) is 13.7 Å². The Morgan fingerprint density at radius 2 is 2.15 bits per heavy atom. The fraction of sp³-hybridized carbons (Fsp3) is 0.625. The molecule has 2 aliphatic heterocycles. The summed E-state index contributed by atoms with van der Waals surface area (Å²) in [4.78, 5) is 0. The van der Waals surface area contributed by atoms with Crippen LogP contribution in [-0.4, -0.2) is 24.9 Å². The Kier molecular flexibility index (Phi) is 3.18. The van der Waals surface area contributed by atoms with Gasteiger partial charge in [0.1, 0.15) is 17.1 Å². The number of methoxy groups -OCH3 is 1. The number of fused-ring (bicyclic) bond motifs is 1. The van der Waals surface area contributed by atoms with Gasteiger partial charge >= 0.3 is 0 Å². The fourth-order valence-corrected chi connectivity index (χ4v) is 3.51. The van der Waals surface area contributed by atoms with E-state index in [2.05, 4.69) is 13.8 Å². The van der Waals surface area contributed by atoms with E-state index in [1.165, 1.54) is 0 Å². The molecule has 4 nitrogen and oxygen atoms in total. The summed E-state index contributed by atoms with van der Waals surface area (Å²) in [7, 11) is 1.67. The van der Waals surface area contributed by atoms with Gasteiger partial charge in [-0.05, 0) is 32.0 Å². The number of benzene rings is 1. The van der Waals surface area contributed by atoms with Gasteiger partial charge in [0.05, 0.1) is 19.3 Å². The Morgan fingerprint density at radius 1 is 1.35 bits per heavy atom. The van der Waals surface area contributed by atoms with E-state index in [0.717, 1.165) is 42.9 Å². The lowest BCUT2D eigenvalue weighted by Crippen LogP contribution is -2.52. The van der Waals surface area contributed by atoms with Crippen LogP contribution >= 0.6 is 0 Å². The molecule has 110 valence electrons. The second-order valence-electron chi connectivity index (χ2n) is 6.53. The van der Waals surface area contributed by atoms with Gasteiger partial charge in [-0.1, -0.05) is 0 Å². The van der Waals surface area contributed by atoms with Gasteiger partial charge in [0.15, 0.2) is 0 Å². The zero-order chi connectivity index (χ0) is 14.4. The third kappa shape index (κ3) is 2.38. The molecule has 0 aliphatic carbocycles. The van der Waals surface area contributed by atoms with Gasteiger partial charge in [-0.15, -0.1) is 0 Å². The molecule has 0 amide bonds. The SMILES string of the molecule is COc1ccc2c(c1)C(N)CC1(CCOC(C)(C)C1)O2. The largest absolute Gasteiger partial charge is 0.497 e. The molecule has 0 radical (unpaired) electrons. The van der Waals surface area contributed by atoms with E-state index in [0.29, 0.717) is 0 Å². The molecule has 2 heterocycles. The first kappa shape index (κ1) is 13.7.